The lowest BCUT2D eigenvalue weighted by Gasteiger charge is -2.09. The fourth-order valence-corrected chi connectivity index (χ4v) is 1.41. The Morgan fingerprint density at radius 3 is 2.44 bits per heavy atom. The third kappa shape index (κ3) is 2.27. The van der Waals surface area contributed by atoms with Gasteiger partial charge in [0.25, 0.3) is 0 Å². The van der Waals surface area contributed by atoms with E-state index in [9.17, 15) is 13.6 Å². The van der Waals surface area contributed by atoms with Gasteiger partial charge in [0, 0.05) is 6.20 Å². The molecule has 0 saturated carbocycles. The summed E-state index contributed by atoms with van der Waals surface area (Å²) in [6.45, 7) is 0. The highest BCUT2D eigenvalue weighted by atomic mass is 19.1. The van der Waals surface area contributed by atoms with Gasteiger partial charge in [-0.25, -0.2) is 18.6 Å². The van der Waals surface area contributed by atoms with Gasteiger partial charge in [0.05, 0.1) is 0 Å². The van der Waals surface area contributed by atoms with Gasteiger partial charge in [-0.1, -0.05) is 6.07 Å². The average Bonchev–Trinajstić information content (AvgIpc) is 2.34. The monoisotopic (exact) mass is 250 g/mol. The minimum Gasteiger partial charge on any atom is -0.478 e. The fraction of sp³-hybridized carbons (Fsp3) is 0. The summed E-state index contributed by atoms with van der Waals surface area (Å²) in [6, 6.07) is 6.05. The number of hydrogen-bond acceptors (Lipinski definition) is 3. The van der Waals surface area contributed by atoms with Crippen LogP contribution in [0.2, 0.25) is 0 Å². The molecule has 0 aliphatic carbocycles. The number of aromatic carboxylic acids is 1. The zero-order valence-electron chi connectivity index (χ0n) is 9.02. The molecular formula is C12H8F2N2O2. The van der Waals surface area contributed by atoms with Crippen LogP contribution >= 0.6 is 0 Å². The molecule has 0 aliphatic heterocycles. The van der Waals surface area contributed by atoms with Crippen LogP contribution in [-0.4, -0.2) is 16.1 Å². The van der Waals surface area contributed by atoms with Crippen LogP contribution in [0.1, 0.15) is 10.4 Å². The number of pyridine rings is 1. The molecule has 2 aromatic rings. The summed E-state index contributed by atoms with van der Waals surface area (Å²) in [7, 11) is 0. The molecule has 0 unspecified atom stereocenters. The average molecular weight is 250 g/mol. The Morgan fingerprint density at radius 1 is 1.17 bits per heavy atom. The first-order valence-corrected chi connectivity index (χ1v) is 4.99. The van der Waals surface area contributed by atoms with Crippen molar-refractivity contribution in [1.82, 2.24) is 4.98 Å². The maximum absolute atomic E-state index is 13.4. The number of aromatic nitrogens is 1. The molecule has 18 heavy (non-hydrogen) atoms. The largest absolute Gasteiger partial charge is 0.478 e. The van der Waals surface area contributed by atoms with Crippen LogP contribution in [-0.2, 0) is 0 Å². The maximum atomic E-state index is 13.4. The fourth-order valence-electron chi connectivity index (χ4n) is 1.41. The summed E-state index contributed by atoms with van der Waals surface area (Å²) in [5.41, 5.74) is -0.598. The first-order valence-electron chi connectivity index (χ1n) is 4.99. The molecule has 0 spiro atoms. The summed E-state index contributed by atoms with van der Waals surface area (Å²) in [5, 5.41) is 11.3. The molecule has 0 saturated heterocycles. The van der Waals surface area contributed by atoms with E-state index < -0.39 is 23.3 Å². The zero-order chi connectivity index (χ0) is 13.1. The topological polar surface area (TPSA) is 62.2 Å². The van der Waals surface area contributed by atoms with Crippen LogP contribution in [0.15, 0.2) is 36.5 Å². The number of hydrogen-bond donors (Lipinski definition) is 2. The molecule has 0 aliphatic rings. The number of carbonyl (C=O) groups is 1. The molecule has 6 heteroatoms. The first-order chi connectivity index (χ1) is 8.59. The van der Waals surface area contributed by atoms with E-state index in [1.165, 1.54) is 24.4 Å². The lowest BCUT2D eigenvalue weighted by atomic mass is 10.2. The molecule has 1 heterocycles. The van der Waals surface area contributed by atoms with Crippen molar-refractivity contribution in [2.45, 2.75) is 0 Å². The molecular weight excluding hydrogens is 242 g/mol. The minimum atomic E-state index is -1.23. The van der Waals surface area contributed by atoms with Gasteiger partial charge in [0.1, 0.15) is 28.7 Å². The highest BCUT2D eigenvalue weighted by molar-refractivity contribution is 5.93. The summed E-state index contributed by atoms with van der Waals surface area (Å²) in [4.78, 5) is 14.7. The minimum absolute atomic E-state index is 0.117. The van der Waals surface area contributed by atoms with Crippen molar-refractivity contribution >= 4 is 17.5 Å². The quantitative estimate of drug-likeness (QED) is 0.879. The Hall–Kier alpha value is -2.50. The van der Waals surface area contributed by atoms with Crippen molar-refractivity contribution in [3.8, 4) is 0 Å². The highest BCUT2D eigenvalue weighted by Gasteiger charge is 2.14. The number of carboxylic acids is 1. The molecule has 0 bridgehead atoms. The summed E-state index contributed by atoms with van der Waals surface area (Å²) in [5.74, 6) is -3.00. The van der Waals surface area contributed by atoms with Crippen LogP contribution in [0.25, 0.3) is 0 Å². The van der Waals surface area contributed by atoms with Crippen molar-refractivity contribution in [1.29, 1.82) is 0 Å². The van der Waals surface area contributed by atoms with E-state index in [0.717, 1.165) is 12.1 Å². The maximum Gasteiger partial charge on any atom is 0.339 e. The smallest absolute Gasteiger partial charge is 0.339 e. The van der Waals surface area contributed by atoms with Crippen LogP contribution in [0, 0.1) is 11.6 Å². The van der Waals surface area contributed by atoms with E-state index >= 15 is 0 Å². The SMILES string of the molecule is O=C(O)c1cccnc1Nc1c(F)cccc1F. The molecule has 2 rings (SSSR count). The molecule has 1 aromatic carbocycles. The van der Waals surface area contributed by atoms with Gasteiger partial charge < -0.3 is 10.4 Å². The number of rotatable bonds is 3. The number of halogens is 2. The Balaban J connectivity index is 2.43. The van der Waals surface area contributed by atoms with Gasteiger partial charge in [-0.2, -0.15) is 0 Å². The normalized spacial score (nSPS) is 10.1. The van der Waals surface area contributed by atoms with Gasteiger partial charge in [-0.3, -0.25) is 0 Å². The van der Waals surface area contributed by atoms with Crippen LogP contribution in [0.5, 0.6) is 0 Å². The second kappa shape index (κ2) is 4.79. The second-order valence-electron chi connectivity index (χ2n) is 3.43. The molecule has 0 atom stereocenters. The molecule has 0 amide bonds. The van der Waals surface area contributed by atoms with E-state index in [4.69, 9.17) is 5.11 Å². The second-order valence-corrected chi connectivity index (χ2v) is 3.43. The van der Waals surface area contributed by atoms with Crippen molar-refractivity contribution < 1.29 is 18.7 Å². The third-order valence-electron chi connectivity index (χ3n) is 2.24. The molecule has 0 radical (unpaired) electrons. The van der Waals surface area contributed by atoms with Crippen molar-refractivity contribution in [2.24, 2.45) is 0 Å². The Bertz CT molecular complexity index is 582. The van der Waals surface area contributed by atoms with Gasteiger partial charge in [-0.05, 0) is 24.3 Å². The van der Waals surface area contributed by atoms with Crippen LogP contribution in [0.3, 0.4) is 0 Å². The Labute approximate surface area is 101 Å². The molecule has 2 N–H and O–H groups in total. The lowest BCUT2D eigenvalue weighted by Crippen LogP contribution is -2.06. The predicted molar refractivity (Wildman–Crippen MR) is 60.8 cm³/mol. The number of nitrogens with zero attached hydrogens (tertiary/aromatic N) is 1. The standard InChI is InChI=1S/C12H8F2N2O2/c13-8-4-1-5-9(14)10(8)16-11-7(12(17)18)3-2-6-15-11/h1-6H,(H,15,16)(H,17,18). The van der Waals surface area contributed by atoms with Crippen molar-refractivity contribution in [3.05, 3.63) is 53.7 Å². The van der Waals surface area contributed by atoms with Gasteiger partial charge in [0.2, 0.25) is 0 Å². The molecule has 0 fully saturated rings. The van der Waals surface area contributed by atoms with Gasteiger partial charge in [-0.15, -0.1) is 0 Å². The highest BCUT2D eigenvalue weighted by Crippen LogP contribution is 2.23. The molecule has 92 valence electrons. The number of nitrogens with one attached hydrogen (secondary N) is 1. The van der Waals surface area contributed by atoms with E-state index in [-0.39, 0.29) is 11.4 Å². The molecule has 4 nitrogen and oxygen atoms in total. The van der Waals surface area contributed by atoms with E-state index in [0.29, 0.717) is 0 Å². The van der Waals surface area contributed by atoms with Crippen LogP contribution in [0.4, 0.5) is 20.3 Å². The van der Waals surface area contributed by atoms with Gasteiger partial charge >= 0.3 is 5.97 Å². The Morgan fingerprint density at radius 2 is 1.83 bits per heavy atom. The summed E-state index contributed by atoms with van der Waals surface area (Å²) < 4.78 is 26.8. The zero-order valence-corrected chi connectivity index (χ0v) is 9.02. The third-order valence-corrected chi connectivity index (χ3v) is 2.24. The van der Waals surface area contributed by atoms with Gasteiger partial charge in [0.15, 0.2) is 0 Å². The first kappa shape index (κ1) is 12.0. The number of anilines is 2. The lowest BCUT2D eigenvalue weighted by molar-refractivity contribution is 0.0697. The number of para-hydroxylation sites is 1. The van der Waals surface area contributed by atoms with Crippen molar-refractivity contribution in [2.75, 3.05) is 5.32 Å². The van der Waals surface area contributed by atoms with E-state index in [1.54, 1.807) is 0 Å². The number of carboxylic acid groups (broad SMARTS) is 1. The van der Waals surface area contributed by atoms with E-state index in [1.807, 2.05) is 0 Å². The summed E-state index contributed by atoms with van der Waals surface area (Å²) in [6.07, 6.45) is 1.33. The number of benzene rings is 1. The predicted octanol–water partition coefficient (Wildman–Crippen LogP) is 2.80. The van der Waals surface area contributed by atoms with Crippen LogP contribution < -0.4 is 5.32 Å². The van der Waals surface area contributed by atoms with E-state index in [2.05, 4.69) is 10.3 Å². The molecule has 1 aromatic heterocycles. The Kier molecular flexibility index (Phi) is 3.18. The van der Waals surface area contributed by atoms with Crippen molar-refractivity contribution in [3.63, 3.8) is 0 Å². The summed E-state index contributed by atoms with van der Waals surface area (Å²) >= 11 is 0.